The minimum Gasteiger partial charge on any atom is -0.508 e. The first-order valence-corrected chi connectivity index (χ1v) is 12.9. The SMILES string of the molecule is CCc1ccc(-n2[nH]c(C)c(C(c3ccccc3O)c3c(C)[nH]n(-c4ccc(CC)cc4)c3=O)c2=O)cc1. The third kappa shape index (κ3) is 4.30. The molecule has 3 aromatic carbocycles. The number of phenolic OH excluding ortho intramolecular Hbond substituents is 1. The van der Waals surface area contributed by atoms with Crippen LogP contribution in [0.15, 0.2) is 82.4 Å². The second kappa shape index (κ2) is 10.1. The van der Waals surface area contributed by atoms with E-state index in [-0.39, 0.29) is 16.9 Å². The van der Waals surface area contributed by atoms with E-state index in [9.17, 15) is 14.7 Å². The first-order valence-electron chi connectivity index (χ1n) is 12.9. The van der Waals surface area contributed by atoms with Gasteiger partial charge in [-0.2, -0.15) is 0 Å². The predicted octanol–water partition coefficient (Wildman–Crippen LogP) is 5.27. The zero-order chi connectivity index (χ0) is 27.0. The molecular formula is C31H32N4O3. The Balaban J connectivity index is 1.73. The highest BCUT2D eigenvalue weighted by atomic mass is 16.3. The van der Waals surface area contributed by atoms with Crippen molar-refractivity contribution < 1.29 is 5.11 Å². The molecule has 0 bridgehead atoms. The molecule has 7 heteroatoms. The second-order valence-electron chi connectivity index (χ2n) is 9.61. The first-order chi connectivity index (χ1) is 18.3. The van der Waals surface area contributed by atoms with Gasteiger partial charge in [0.15, 0.2) is 0 Å². The van der Waals surface area contributed by atoms with Crippen LogP contribution in [0.2, 0.25) is 0 Å². The van der Waals surface area contributed by atoms with Gasteiger partial charge >= 0.3 is 0 Å². The molecule has 5 rings (SSSR count). The molecule has 0 spiro atoms. The van der Waals surface area contributed by atoms with Crippen molar-refractivity contribution >= 4 is 0 Å². The lowest BCUT2D eigenvalue weighted by Crippen LogP contribution is -2.25. The predicted molar refractivity (Wildman–Crippen MR) is 150 cm³/mol. The highest BCUT2D eigenvalue weighted by molar-refractivity contribution is 5.51. The monoisotopic (exact) mass is 508 g/mol. The van der Waals surface area contributed by atoms with E-state index in [0.29, 0.717) is 39.5 Å². The van der Waals surface area contributed by atoms with E-state index in [0.717, 1.165) is 12.8 Å². The summed E-state index contributed by atoms with van der Waals surface area (Å²) in [6.45, 7) is 7.81. The number of hydrogen-bond donors (Lipinski definition) is 3. The van der Waals surface area contributed by atoms with Crippen LogP contribution in [-0.2, 0) is 12.8 Å². The van der Waals surface area contributed by atoms with Gasteiger partial charge in [-0.1, -0.05) is 56.3 Å². The molecule has 2 heterocycles. The summed E-state index contributed by atoms with van der Waals surface area (Å²) >= 11 is 0. The van der Waals surface area contributed by atoms with Gasteiger partial charge in [-0.05, 0) is 68.1 Å². The Morgan fingerprint density at radius 1 is 0.684 bits per heavy atom. The van der Waals surface area contributed by atoms with Gasteiger partial charge in [-0.15, -0.1) is 0 Å². The van der Waals surface area contributed by atoms with E-state index < -0.39 is 5.92 Å². The average Bonchev–Trinajstić information content (AvgIpc) is 3.40. The third-order valence-electron chi connectivity index (χ3n) is 7.26. The van der Waals surface area contributed by atoms with Crippen molar-refractivity contribution in [1.29, 1.82) is 0 Å². The van der Waals surface area contributed by atoms with Crippen LogP contribution >= 0.6 is 0 Å². The fraction of sp³-hybridized carbons (Fsp3) is 0.226. The van der Waals surface area contributed by atoms with E-state index in [1.807, 2.05) is 62.4 Å². The van der Waals surface area contributed by atoms with Gasteiger partial charge in [0.2, 0.25) is 0 Å². The summed E-state index contributed by atoms with van der Waals surface area (Å²) in [6, 6.07) is 22.5. The first kappa shape index (κ1) is 25.1. The number of benzene rings is 3. The van der Waals surface area contributed by atoms with Gasteiger partial charge in [0.1, 0.15) is 5.75 Å². The Hall–Kier alpha value is -4.52. The van der Waals surface area contributed by atoms with Crippen LogP contribution in [0.25, 0.3) is 11.4 Å². The van der Waals surface area contributed by atoms with Crippen LogP contribution in [-0.4, -0.2) is 24.7 Å². The number of nitrogens with zero attached hydrogens (tertiary/aromatic N) is 2. The van der Waals surface area contributed by atoms with Crippen molar-refractivity contribution in [2.24, 2.45) is 0 Å². The number of para-hydroxylation sites is 1. The molecule has 0 aliphatic rings. The number of aryl methyl sites for hydroxylation is 4. The molecule has 194 valence electrons. The second-order valence-corrected chi connectivity index (χ2v) is 9.61. The maximum absolute atomic E-state index is 13.9. The molecular weight excluding hydrogens is 476 g/mol. The zero-order valence-electron chi connectivity index (χ0n) is 22.1. The van der Waals surface area contributed by atoms with Crippen LogP contribution in [0, 0.1) is 13.8 Å². The third-order valence-corrected chi connectivity index (χ3v) is 7.26. The largest absolute Gasteiger partial charge is 0.508 e. The number of nitrogens with one attached hydrogen (secondary N) is 2. The summed E-state index contributed by atoms with van der Waals surface area (Å²) in [4.78, 5) is 27.9. The number of aromatic nitrogens is 4. The lowest BCUT2D eigenvalue weighted by molar-refractivity contribution is 0.467. The lowest BCUT2D eigenvalue weighted by Gasteiger charge is -2.17. The maximum atomic E-state index is 13.9. The molecule has 0 atom stereocenters. The van der Waals surface area contributed by atoms with Crippen molar-refractivity contribution in [1.82, 2.24) is 19.6 Å². The number of aromatic amines is 2. The van der Waals surface area contributed by atoms with E-state index >= 15 is 0 Å². The molecule has 0 unspecified atom stereocenters. The quantitative estimate of drug-likeness (QED) is 0.279. The van der Waals surface area contributed by atoms with Crippen molar-refractivity contribution in [2.45, 2.75) is 46.5 Å². The molecule has 0 radical (unpaired) electrons. The van der Waals surface area contributed by atoms with E-state index in [1.165, 1.54) is 20.5 Å². The average molecular weight is 509 g/mol. The Morgan fingerprint density at radius 3 is 1.50 bits per heavy atom. The molecule has 0 fully saturated rings. The van der Waals surface area contributed by atoms with Gasteiger partial charge in [0, 0.05) is 17.0 Å². The molecule has 3 N–H and O–H groups in total. The highest BCUT2D eigenvalue weighted by Gasteiger charge is 2.32. The number of hydrogen-bond acceptors (Lipinski definition) is 3. The Bertz CT molecular complexity index is 1590. The molecule has 2 aromatic heterocycles. The Morgan fingerprint density at radius 2 is 1.11 bits per heavy atom. The molecule has 0 saturated carbocycles. The summed E-state index contributed by atoms with van der Waals surface area (Å²) in [7, 11) is 0. The summed E-state index contributed by atoms with van der Waals surface area (Å²) in [5.41, 5.74) is 5.81. The van der Waals surface area contributed by atoms with Gasteiger partial charge in [0.25, 0.3) is 11.1 Å². The van der Waals surface area contributed by atoms with Gasteiger partial charge in [-0.25, -0.2) is 9.36 Å². The van der Waals surface area contributed by atoms with Crippen molar-refractivity contribution in [3.63, 3.8) is 0 Å². The van der Waals surface area contributed by atoms with Crippen LogP contribution in [0.5, 0.6) is 5.75 Å². The molecule has 5 aromatic rings. The maximum Gasteiger partial charge on any atom is 0.275 e. The summed E-state index contributed by atoms with van der Waals surface area (Å²) in [5, 5.41) is 17.3. The summed E-state index contributed by atoms with van der Waals surface area (Å²) in [6.07, 6.45) is 1.81. The number of aromatic hydroxyl groups is 1. The van der Waals surface area contributed by atoms with E-state index in [2.05, 4.69) is 24.0 Å². The molecule has 0 saturated heterocycles. The van der Waals surface area contributed by atoms with Gasteiger partial charge in [-0.3, -0.25) is 19.8 Å². The van der Waals surface area contributed by atoms with Crippen molar-refractivity contribution in [3.8, 4) is 17.1 Å². The van der Waals surface area contributed by atoms with Crippen molar-refractivity contribution in [3.05, 3.63) is 133 Å². The molecule has 0 aliphatic heterocycles. The Kier molecular flexibility index (Phi) is 6.68. The standard InChI is InChI=1S/C31H32N4O3/c1-5-21-11-15-23(16-12-21)34-30(37)27(19(3)32-34)29(25-9-7-8-10-26(25)36)28-20(4)33-35(31(28)38)24-17-13-22(6-2)14-18-24/h7-18,29,32-33,36H,5-6H2,1-4H3. The summed E-state index contributed by atoms with van der Waals surface area (Å²) < 4.78 is 3.00. The Labute approximate surface area is 221 Å². The smallest absolute Gasteiger partial charge is 0.275 e. The lowest BCUT2D eigenvalue weighted by atomic mass is 9.85. The van der Waals surface area contributed by atoms with Crippen LogP contribution in [0.4, 0.5) is 0 Å². The van der Waals surface area contributed by atoms with E-state index in [4.69, 9.17) is 0 Å². The number of rotatable bonds is 7. The summed E-state index contributed by atoms with van der Waals surface area (Å²) in [5.74, 6) is -0.758. The number of H-pyrrole nitrogens is 2. The number of phenols is 1. The fourth-order valence-corrected chi connectivity index (χ4v) is 5.11. The van der Waals surface area contributed by atoms with Crippen LogP contribution in [0.3, 0.4) is 0 Å². The minimum absolute atomic E-state index is 0.0233. The molecule has 7 nitrogen and oxygen atoms in total. The van der Waals surface area contributed by atoms with Gasteiger partial charge in [0.05, 0.1) is 28.4 Å². The topological polar surface area (TPSA) is 95.8 Å². The van der Waals surface area contributed by atoms with Crippen LogP contribution in [0.1, 0.15) is 59.0 Å². The zero-order valence-corrected chi connectivity index (χ0v) is 22.1. The molecule has 38 heavy (non-hydrogen) atoms. The molecule has 0 amide bonds. The minimum atomic E-state index is -0.781. The molecule has 0 aliphatic carbocycles. The van der Waals surface area contributed by atoms with E-state index in [1.54, 1.807) is 24.3 Å². The van der Waals surface area contributed by atoms with Gasteiger partial charge < -0.3 is 5.11 Å². The normalized spacial score (nSPS) is 11.4. The van der Waals surface area contributed by atoms with Crippen molar-refractivity contribution in [2.75, 3.05) is 0 Å². The van der Waals surface area contributed by atoms with Crippen LogP contribution < -0.4 is 11.1 Å². The highest BCUT2D eigenvalue weighted by Crippen LogP contribution is 2.36. The fourth-order valence-electron chi connectivity index (χ4n) is 5.11.